The van der Waals surface area contributed by atoms with Gasteiger partial charge in [0, 0.05) is 24.8 Å². The highest BCUT2D eigenvalue weighted by molar-refractivity contribution is 7.99. The lowest BCUT2D eigenvalue weighted by Gasteiger charge is -2.03. The highest BCUT2D eigenvalue weighted by Gasteiger charge is 2.04. The second-order valence-electron chi connectivity index (χ2n) is 3.19. The standard InChI is InChI=1S/C10H14ClN4OS/c1-2-4-13-8(16)3-5-17-9-6-7(11)14-10(12)15-9/h6H,1-5H2,(H,13,16)(H2,12,14,15). The molecule has 1 aromatic heterocycles. The second-order valence-corrected chi connectivity index (χ2v) is 4.69. The number of carbonyl (C=O) groups excluding carboxylic acids is 1. The monoisotopic (exact) mass is 273 g/mol. The van der Waals surface area contributed by atoms with Gasteiger partial charge in [-0.15, -0.1) is 11.8 Å². The second kappa shape index (κ2) is 7.34. The smallest absolute Gasteiger partial charge is 0.222 e. The molecule has 1 heterocycles. The molecule has 0 aliphatic rings. The van der Waals surface area contributed by atoms with Gasteiger partial charge in [0.05, 0.1) is 0 Å². The SMILES string of the molecule is [CH2]CCNC(=O)CCSc1cc(Cl)nc(N)n1. The van der Waals surface area contributed by atoms with Crippen LogP contribution in [0.3, 0.4) is 0 Å². The van der Waals surface area contributed by atoms with Crippen LogP contribution in [-0.2, 0) is 4.79 Å². The molecule has 0 saturated carbocycles. The maximum Gasteiger partial charge on any atom is 0.222 e. The number of halogens is 1. The van der Waals surface area contributed by atoms with Crippen molar-refractivity contribution in [2.45, 2.75) is 17.9 Å². The van der Waals surface area contributed by atoms with E-state index in [4.69, 9.17) is 17.3 Å². The van der Waals surface area contributed by atoms with Crippen LogP contribution < -0.4 is 11.1 Å². The largest absolute Gasteiger partial charge is 0.368 e. The maximum atomic E-state index is 11.3. The van der Waals surface area contributed by atoms with E-state index in [1.165, 1.54) is 11.8 Å². The van der Waals surface area contributed by atoms with Gasteiger partial charge in [-0.2, -0.15) is 0 Å². The third kappa shape index (κ3) is 5.74. The highest BCUT2D eigenvalue weighted by Crippen LogP contribution is 2.19. The number of nitrogens with one attached hydrogen (secondary N) is 1. The zero-order valence-corrected chi connectivity index (χ0v) is 10.9. The topological polar surface area (TPSA) is 80.9 Å². The van der Waals surface area contributed by atoms with Crippen LogP contribution in [0.25, 0.3) is 0 Å². The number of thioether (sulfide) groups is 1. The lowest BCUT2D eigenvalue weighted by molar-refractivity contribution is -0.120. The lowest BCUT2D eigenvalue weighted by atomic mass is 10.4. The molecule has 1 amide bonds. The number of nitrogens with two attached hydrogens (primary N) is 1. The summed E-state index contributed by atoms with van der Waals surface area (Å²) in [5.41, 5.74) is 5.45. The molecule has 5 nitrogen and oxygen atoms in total. The van der Waals surface area contributed by atoms with Gasteiger partial charge in [0.1, 0.15) is 10.2 Å². The number of hydrogen-bond donors (Lipinski definition) is 2. The van der Waals surface area contributed by atoms with Crippen molar-refractivity contribution >= 4 is 35.2 Å². The number of hydrogen-bond acceptors (Lipinski definition) is 5. The summed E-state index contributed by atoms with van der Waals surface area (Å²) in [5.74, 6) is 0.770. The van der Waals surface area contributed by atoms with E-state index in [-0.39, 0.29) is 11.9 Å². The molecule has 0 fully saturated rings. The van der Waals surface area contributed by atoms with Gasteiger partial charge in [-0.25, -0.2) is 9.97 Å². The van der Waals surface area contributed by atoms with Crippen molar-refractivity contribution in [3.63, 3.8) is 0 Å². The first-order valence-electron chi connectivity index (χ1n) is 5.10. The molecule has 0 aliphatic carbocycles. The zero-order chi connectivity index (χ0) is 12.7. The van der Waals surface area contributed by atoms with Crippen LogP contribution >= 0.6 is 23.4 Å². The number of nitrogens with zero attached hydrogens (tertiary/aromatic N) is 2. The molecule has 7 heteroatoms. The third-order valence-corrected chi connectivity index (χ3v) is 2.87. The van der Waals surface area contributed by atoms with Crippen molar-refractivity contribution in [2.75, 3.05) is 18.0 Å². The van der Waals surface area contributed by atoms with Gasteiger partial charge >= 0.3 is 0 Å². The van der Waals surface area contributed by atoms with Crippen LogP contribution in [0.2, 0.25) is 5.15 Å². The number of carbonyl (C=O) groups is 1. The van der Waals surface area contributed by atoms with Gasteiger partial charge in [0.2, 0.25) is 11.9 Å². The maximum absolute atomic E-state index is 11.3. The Balaban J connectivity index is 2.33. The van der Waals surface area contributed by atoms with Crippen LogP contribution in [0.15, 0.2) is 11.1 Å². The van der Waals surface area contributed by atoms with E-state index in [0.717, 1.165) is 0 Å². The van der Waals surface area contributed by atoms with Crippen LogP contribution in [0.1, 0.15) is 12.8 Å². The average Bonchev–Trinajstić information content (AvgIpc) is 2.25. The molecule has 0 bridgehead atoms. The van der Waals surface area contributed by atoms with Gasteiger partial charge in [0.25, 0.3) is 0 Å². The van der Waals surface area contributed by atoms with Crippen molar-refractivity contribution in [3.8, 4) is 0 Å². The van der Waals surface area contributed by atoms with Gasteiger partial charge in [-0.1, -0.05) is 18.5 Å². The van der Waals surface area contributed by atoms with Gasteiger partial charge in [0.15, 0.2) is 0 Å². The summed E-state index contributed by atoms with van der Waals surface area (Å²) in [4.78, 5) is 19.0. The fourth-order valence-corrected chi connectivity index (χ4v) is 2.16. The quantitative estimate of drug-likeness (QED) is 0.607. The lowest BCUT2D eigenvalue weighted by Crippen LogP contribution is -2.24. The molecule has 1 rings (SSSR count). The molecule has 3 N–H and O–H groups in total. The summed E-state index contributed by atoms with van der Waals surface area (Å²) >= 11 is 7.15. The van der Waals surface area contributed by atoms with E-state index in [1.807, 2.05) is 0 Å². The van der Waals surface area contributed by atoms with Gasteiger partial charge in [-0.05, 0) is 6.42 Å². The Morgan fingerprint density at radius 2 is 2.35 bits per heavy atom. The van der Waals surface area contributed by atoms with E-state index < -0.39 is 0 Å². The van der Waals surface area contributed by atoms with Crippen LogP contribution in [0.4, 0.5) is 5.95 Å². The molecular weight excluding hydrogens is 260 g/mol. The predicted molar refractivity (Wildman–Crippen MR) is 69.8 cm³/mol. The minimum Gasteiger partial charge on any atom is -0.368 e. The minimum absolute atomic E-state index is 0.00859. The summed E-state index contributed by atoms with van der Waals surface area (Å²) in [6.07, 6.45) is 1.11. The number of nitrogen functional groups attached to an aromatic ring is 1. The van der Waals surface area contributed by atoms with Crippen LogP contribution in [0.5, 0.6) is 0 Å². The predicted octanol–water partition coefficient (Wildman–Crippen LogP) is 1.53. The van der Waals surface area contributed by atoms with E-state index >= 15 is 0 Å². The van der Waals surface area contributed by atoms with E-state index in [9.17, 15) is 4.79 Å². The van der Waals surface area contributed by atoms with Crippen molar-refractivity contribution in [1.29, 1.82) is 0 Å². The van der Waals surface area contributed by atoms with Crippen molar-refractivity contribution in [2.24, 2.45) is 0 Å². The van der Waals surface area contributed by atoms with Crippen LogP contribution in [-0.4, -0.2) is 28.2 Å². The van der Waals surface area contributed by atoms with E-state index in [0.29, 0.717) is 35.3 Å². The van der Waals surface area contributed by atoms with Crippen molar-refractivity contribution in [3.05, 3.63) is 18.1 Å². The Kier molecular flexibility index (Phi) is 6.07. The summed E-state index contributed by atoms with van der Waals surface area (Å²) < 4.78 is 0. The normalized spacial score (nSPS) is 10.2. The molecule has 0 unspecified atom stereocenters. The van der Waals surface area contributed by atoms with Crippen molar-refractivity contribution < 1.29 is 4.79 Å². The molecular formula is C10H14ClN4OS. The molecule has 0 spiro atoms. The molecule has 0 atom stereocenters. The van der Waals surface area contributed by atoms with Gasteiger partial charge < -0.3 is 11.1 Å². The molecule has 1 aromatic rings. The zero-order valence-electron chi connectivity index (χ0n) is 9.28. The number of anilines is 1. The Morgan fingerprint density at radius 3 is 3.00 bits per heavy atom. The molecule has 0 saturated heterocycles. The first kappa shape index (κ1) is 14.1. The Hall–Kier alpha value is -1.01. The number of aromatic nitrogens is 2. The Bertz CT molecular complexity index is 368. The Labute approximate surface area is 110 Å². The van der Waals surface area contributed by atoms with Crippen LogP contribution in [0, 0.1) is 6.92 Å². The summed E-state index contributed by atoms with van der Waals surface area (Å²) in [7, 11) is 0. The Morgan fingerprint density at radius 1 is 1.59 bits per heavy atom. The van der Waals surface area contributed by atoms with Gasteiger partial charge in [-0.3, -0.25) is 4.79 Å². The van der Waals surface area contributed by atoms with E-state index in [1.54, 1.807) is 6.07 Å². The first-order chi connectivity index (χ1) is 8.11. The number of amides is 1. The minimum atomic E-state index is 0.00859. The van der Waals surface area contributed by atoms with Crippen molar-refractivity contribution in [1.82, 2.24) is 15.3 Å². The average molecular weight is 274 g/mol. The molecule has 0 aromatic carbocycles. The molecule has 17 heavy (non-hydrogen) atoms. The fraction of sp³-hybridized carbons (Fsp3) is 0.400. The van der Waals surface area contributed by atoms with E-state index in [2.05, 4.69) is 22.2 Å². The first-order valence-corrected chi connectivity index (χ1v) is 6.47. The summed E-state index contributed by atoms with van der Waals surface area (Å²) in [6.45, 7) is 4.25. The summed E-state index contributed by atoms with van der Waals surface area (Å²) in [6, 6.07) is 1.62. The molecule has 93 valence electrons. The molecule has 0 aliphatic heterocycles. The highest BCUT2D eigenvalue weighted by atomic mass is 35.5. The summed E-state index contributed by atoms with van der Waals surface area (Å²) in [5, 5.41) is 3.72. The third-order valence-electron chi connectivity index (χ3n) is 1.77. The fourth-order valence-electron chi connectivity index (χ4n) is 1.05. The molecule has 1 radical (unpaired) electrons. The number of rotatable bonds is 6.